The minimum Gasteiger partial charge on any atom is -0.504 e. The molecule has 2 aromatic heterocycles. The van der Waals surface area contributed by atoms with Gasteiger partial charge in [-0.1, -0.05) is 55.4 Å². The van der Waals surface area contributed by atoms with Crippen LogP contribution in [0.25, 0.3) is 11.1 Å². The zero-order valence-corrected chi connectivity index (χ0v) is 22.4. The van der Waals surface area contributed by atoms with E-state index in [2.05, 4.69) is 35.6 Å². The molecule has 0 fully saturated rings. The van der Waals surface area contributed by atoms with Crippen molar-refractivity contribution in [2.24, 2.45) is 0 Å². The van der Waals surface area contributed by atoms with Gasteiger partial charge in [0.15, 0.2) is 5.75 Å². The lowest BCUT2D eigenvalue weighted by molar-refractivity contribution is 0.457. The number of anilines is 2. The molecule has 0 aliphatic carbocycles. The van der Waals surface area contributed by atoms with E-state index in [1.165, 1.54) is 18.0 Å². The summed E-state index contributed by atoms with van der Waals surface area (Å²) in [5.74, 6) is -0.509. The molecule has 0 atom stereocenters. The summed E-state index contributed by atoms with van der Waals surface area (Å²) in [7, 11) is 0. The fourth-order valence-electron chi connectivity index (χ4n) is 4.42. The number of pyridine rings is 2. The Labute approximate surface area is 221 Å². The van der Waals surface area contributed by atoms with Crippen LogP contribution in [0, 0.1) is 12.9 Å². The summed E-state index contributed by atoms with van der Waals surface area (Å²) in [6.07, 6.45) is 3.98. The highest BCUT2D eigenvalue weighted by Gasteiger charge is 2.25. The molecule has 5 nitrogen and oxygen atoms in total. The summed E-state index contributed by atoms with van der Waals surface area (Å²) in [6.45, 7) is 7.94. The maximum atomic E-state index is 13.9. The molecular formula is C30H32FN3O2S. The van der Waals surface area contributed by atoms with Crippen LogP contribution in [-0.2, 0) is 6.42 Å². The maximum absolute atomic E-state index is 13.9. The largest absolute Gasteiger partial charge is 0.504 e. The number of halogens is 1. The number of aromatic amines is 1. The van der Waals surface area contributed by atoms with Crippen LogP contribution in [0.1, 0.15) is 44.9 Å². The highest BCUT2D eigenvalue weighted by atomic mass is 32.2. The smallest absolute Gasteiger partial charge is 0.266 e. The molecule has 2 aromatic carbocycles. The van der Waals surface area contributed by atoms with Crippen molar-refractivity contribution >= 4 is 23.1 Å². The molecule has 0 aliphatic rings. The van der Waals surface area contributed by atoms with Gasteiger partial charge in [-0.25, -0.2) is 4.98 Å². The van der Waals surface area contributed by atoms with Gasteiger partial charge in [0, 0.05) is 34.1 Å². The predicted octanol–water partition coefficient (Wildman–Crippen LogP) is 7.63. The van der Waals surface area contributed by atoms with Gasteiger partial charge in [-0.15, -0.1) is 0 Å². The SMILES string of the molecule is CCCCc1[nH]c(=O)c(Sc2ccc(-c3ccnc(F)c3C)cc2)c(O)c1N(c1ccccc1)C(C)C. The van der Waals surface area contributed by atoms with Crippen molar-refractivity contribution in [1.82, 2.24) is 9.97 Å². The minimum atomic E-state index is -0.490. The summed E-state index contributed by atoms with van der Waals surface area (Å²) in [5.41, 5.74) is 4.10. The molecule has 2 N–H and O–H groups in total. The first-order valence-corrected chi connectivity index (χ1v) is 13.3. The first kappa shape index (κ1) is 26.5. The van der Waals surface area contributed by atoms with Crippen LogP contribution in [0.5, 0.6) is 5.75 Å². The van der Waals surface area contributed by atoms with Gasteiger partial charge in [0.1, 0.15) is 10.6 Å². The molecule has 0 spiro atoms. The second-order valence-corrected chi connectivity index (χ2v) is 10.3. The summed E-state index contributed by atoms with van der Waals surface area (Å²) in [4.78, 5) is 23.1. The fraction of sp³-hybridized carbons (Fsp3) is 0.267. The molecule has 0 amide bonds. The van der Waals surface area contributed by atoms with E-state index in [1.807, 2.05) is 54.6 Å². The van der Waals surface area contributed by atoms with Gasteiger partial charge in [0.25, 0.3) is 5.56 Å². The van der Waals surface area contributed by atoms with Crippen LogP contribution in [-0.4, -0.2) is 21.1 Å². The van der Waals surface area contributed by atoms with Crippen LogP contribution in [0.3, 0.4) is 0 Å². The molecule has 0 bridgehead atoms. The van der Waals surface area contributed by atoms with Gasteiger partial charge in [-0.3, -0.25) is 4.79 Å². The molecule has 37 heavy (non-hydrogen) atoms. The van der Waals surface area contributed by atoms with Gasteiger partial charge < -0.3 is 15.0 Å². The third-order valence-corrected chi connectivity index (χ3v) is 7.39. The normalized spacial score (nSPS) is 11.2. The van der Waals surface area contributed by atoms with E-state index in [0.717, 1.165) is 40.2 Å². The van der Waals surface area contributed by atoms with Gasteiger partial charge in [-0.05, 0) is 75.1 Å². The third-order valence-electron chi connectivity index (χ3n) is 6.30. The van der Waals surface area contributed by atoms with Crippen molar-refractivity contribution in [1.29, 1.82) is 0 Å². The molecule has 0 radical (unpaired) electrons. The highest BCUT2D eigenvalue weighted by molar-refractivity contribution is 7.99. The van der Waals surface area contributed by atoms with Crippen molar-refractivity contribution in [3.63, 3.8) is 0 Å². The highest BCUT2D eigenvalue weighted by Crippen LogP contribution is 2.43. The lowest BCUT2D eigenvalue weighted by Crippen LogP contribution is -2.28. The van der Waals surface area contributed by atoms with Gasteiger partial charge in [0.2, 0.25) is 5.95 Å². The van der Waals surface area contributed by atoms with Crippen molar-refractivity contribution in [2.45, 2.75) is 62.8 Å². The number of hydrogen-bond acceptors (Lipinski definition) is 5. The average Bonchev–Trinajstić information content (AvgIpc) is 2.89. The lowest BCUT2D eigenvalue weighted by atomic mass is 10.0. The number of nitrogens with zero attached hydrogens (tertiary/aromatic N) is 2. The van der Waals surface area contributed by atoms with E-state index in [1.54, 1.807) is 13.0 Å². The van der Waals surface area contributed by atoms with Crippen LogP contribution in [0.4, 0.5) is 15.8 Å². The Kier molecular flexibility index (Phi) is 8.34. The van der Waals surface area contributed by atoms with E-state index in [9.17, 15) is 14.3 Å². The predicted molar refractivity (Wildman–Crippen MR) is 150 cm³/mol. The summed E-state index contributed by atoms with van der Waals surface area (Å²) in [6, 6.07) is 19.2. The van der Waals surface area contributed by atoms with Gasteiger partial charge in [-0.2, -0.15) is 4.39 Å². The number of benzene rings is 2. The number of para-hydroxylation sites is 1. The number of aromatic hydroxyl groups is 1. The van der Waals surface area contributed by atoms with Crippen LogP contribution < -0.4 is 10.5 Å². The van der Waals surface area contributed by atoms with E-state index >= 15 is 0 Å². The Hall–Kier alpha value is -3.58. The first-order valence-electron chi connectivity index (χ1n) is 12.5. The first-order chi connectivity index (χ1) is 17.8. The monoisotopic (exact) mass is 517 g/mol. The molecule has 192 valence electrons. The van der Waals surface area contributed by atoms with E-state index in [-0.39, 0.29) is 22.2 Å². The second-order valence-electron chi connectivity index (χ2n) is 9.26. The Morgan fingerprint density at radius 3 is 2.43 bits per heavy atom. The average molecular weight is 518 g/mol. The molecule has 4 aromatic rings. The third kappa shape index (κ3) is 5.72. The molecule has 0 saturated carbocycles. The molecule has 0 unspecified atom stereocenters. The number of unbranched alkanes of at least 4 members (excludes halogenated alkanes) is 1. The second kappa shape index (κ2) is 11.6. The maximum Gasteiger partial charge on any atom is 0.266 e. The van der Waals surface area contributed by atoms with E-state index < -0.39 is 5.95 Å². The van der Waals surface area contributed by atoms with Crippen molar-refractivity contribution in [3.05, 3.63) is 94.4 Å². The van der Waals surface area contributed by atoms with Crippen LogP contribution in [0.2, 0.25) is 0 Å². The summed E-state index contributed by atoms with van der Waals surface area (Å²) >= 11 is 1.22. The molecule has 4 rings (SSSR count). The van der Waals surface area contributed by atoms with Gasteiger partial charge >= 0.3 is 0 Å². The molecule has 7 heteroatoms. The van der Waals surface area contributed by atoms with Gasteiger partial charge in [0.05, 0.1) is 0 Å². The Bertz CT molecular complexity index is 1420. The van der Waals surface area contributed by atoms with Crippen LogP contribution in [0.15, 0.2) is 81.4 Å². The Morgan fingerprint density at radius 1 is 1.08 bits per heavy atom. The zero-order chi connectivity index (χ0) is 26.5. The summed E-state index contributed by atoms with van der Waals surface area (Å²) < 4.78 is 13.9. The van der Waals surface area contributed by atoms with Crippen LogP contribution >= 0.6 is 11.8 Å². The lowest BCUT2D eigenvalue weighted by Gasteiger charge is -2.32. The topological polar surface area (TPSA) is 69.2 Å². The van der Waals surface area contributed by atoms with E-state index in [4.69, 9.17) is 0 Å². The molecule has 2 heterocycles. The number of nitrogens with one attached hydrogen (secondary N) is 1. The van der Waals surface area contributed by atoms with Crippen molar-refractivity contribution in [2.75, 3.05) is 4.90 Å². The number of H-pyrrole nitrogens is 1. The number of rotatable bonds is 9. The number of aromatic nitrogens is 2. The Balaban J connectivity index is 1.76. The zero-order valence-electron chi connectivity index (χ0n) is 21.6. The standard InChI is InChI=1S/C30H32FN3O2S/c1-5-6-12-25-26(34(19(2)3)22-10-8-7-9-11-22)27(35)28(30(36)33-25)37-23-15-13-21(14-16-23)24-17-18-32-29(31)20(24)4/h7-11,13-19H,5-6,12H2,1-4H3,(H2,33,35,36). The molecule has 0 aliphatic heterocycles. The number of hydrogen-bond donors (Lipinski definition) is 2. The minimum absolute atomic E-state index is 0.0199. The van der Waals surface area contributed by atoms with Crippen molar-refractivity contribution in [3.8, 4) is 16.9 Å². The van der Waals surface area contributed by atoms with E-state index in [0.29, 0.717) is 17.7 Å². The summed E-state index contributed by atoms with van der Waals surface area (Å²) in [5, 5.41) is 11.6. The van der Waals surface area contributed by atoms with Crippen molar-refractivity contribution < 1.29 is 9.50 Å². The molecule has 0 saturated heterocycles. The fourth-order valence-corrected chi connectivity index (χ4v) is 5.26. The Morgan fingerprint density at radius 2 is 1.78 bits per heavy atom. The number of aryl methyl sites for hydroxylation is 1. The molecular weight excluding hydrogens is 485 g/mol. The quantitative estimate of drug-likeness (QED) is 0.223.